The molecule has 1 aromatic heterocycles. The summed E-state index contributed by atoms with van der Waals surface area (Å²) in [4.78, 5) is 2.77. The van der Waals surface area contributed by atoms with Crippen molar-refractivity contribution in [2.75, 3.05) is 0 Å². The number of aromatic amines is 1. The standard InChI is InChI=1S/C10H8BrF3N2/c11-5-1-2-8-6(3-5)7(4-16-8)9(15)10(12,13)14/h1-4,9,16H,15H2/t9-/m1/s1. The number of rotatable bonds is 1. The van der Waals surface area contributed by atoms with Crippen molar-refractivity contribution in [3.8, 4) is 0 Å². The summed E-state index contributed by atoms with van der Waals surface area (Å²) >= 11 is 3.21. The molecule has 1 heterocycles. The highest BCUT2D eigenvalue weighted by Crippen LogP contribution is 2.35. The van der Waals surface area contributed by atoms with Crippen molar-refractivity contribution in [1.29, 1.82) is 0 Å². The van der Waals surface area contributed by atoms with Gasteiger partial charge in [0.15, 0.2) is 0 Å². The van der Waals surface area contributed by atoms with Crippen molar-refractivity contribution in [3.63, 3.8) is 0 Å². The van der Waals surface area contributed by atoms with Crippen LogP contribution in [0.1, 0.15) is 11.6 Å². The fourth-order valence-electron chi connectivity index (χ4n) is 1.55. The Hall–Kier alpha value is -1.01. The van der Waals surface area contributed by atoms with Gasteiger partial charge >= 0.3 is 6.18 Å². The lowest BCUT2D eigenvalue weighted by Gasteiger charge is -2.14. The van der Waals surface area contributed by atoms with Crippen molar-refractivity contribution < 1.29 is 13.2 Å². The van der Waals surface area contributed by atoms with Crippen molar-refractivity contribution in [2.45, 2.75) is 12.2 Å². The Morgan fingerprint density at radius 1 is 1.31 bits per heavy atom. The zero-order valence-corrected chi connectivity index (χ0v) is 9.56. The summed E-state index contributed by atoms with van der Waals surface area (Å²) in [6, 6.07) is 3.11. The van der Waals surface area contributed by atoms with Gasteiger partial charge in [-0.1, -0.05) is 15.9 Å². The second-order valence-corrected chi connectivity index (χ2v) is 4.37. The normalized spacial score (nSPS) is 14.3. The van der Waals surface area contributed by atoms with E-state index in [4.69, 9.17) is 5.73 Å². The molecule has 0 aliphatic heterocycles. The highest BCUT2D eigenvalue weighted by Gasteiger charge is 2.39. The van der Waals surface area contributed by atoms with Gasteiger partial charge in [-0.05, 0) is 18.2 Å². The molecule has 2 nitrogen and oxygen atoms in total. The van der Waals surface area contributed by atoms with Crippen LogP contribution in [0.3, 0.4) is 0 Å². The highest BCUT2D eigenvalue weighted by atomic mass is 79.9. The Labute approximate surface area is 97.8 Å². The lowest BCUT2D eigenvalue weighted by molar-refractivity contribution is -0.148. The van der Waals surface area contributed by atoms with Crippen LogP contribution >= 0.6 is 15.9 Å². The Bertz CT molecular complexity index is 518. The maximum atomic E-state index is 12.5. The molecule has 0 unspecified atom stereocenters. The van der Waals surface area contributed by atoms with E-state index in [1.807, 2.05) is 0 Å². The van der Waals surface area contributed by atoms with Gasteiger partial charge in [-0.25, -0.2) is 0 Å². The van der Waals surface area contributed by atoms with Gasteiger partial charge in [-0.2, -0.15) is 13.2 Å². The summed E-state index contributed by atoms with van der Waals surface area (Å²) in [7, 11) is 0. The fourth-order valence-corrected chi connectivity index (χ4v) is 1.91. The third-order valence-electron chi connectivity index (χ3n) is 2.36. The van der Waals surface area contributed by atoms with E-state index >= 15 is 0 Å². The monoisotopic (exact) mass is 292 g/mol. The Balaban J connectivity index is 2.57. The van der Waals surface area contributed by atoms with E-state index in [-0.39, 0.29) is 5.56 Å². The number of hydrogen-bond donors (Lipinski definition) is 2. The Morgan fingerprint density at radius 3 is 2.62 bits per heavy atom. The van der Waals surface area contributed by atoms with Gasteiger partial charge in [0.05, 0.1) is 0 Å². The van der Waals surface area contributed by atoms with Crippen molar-refractivity contribution in [1.82, 2.24) is 4.98 Å². The molecule has 0 saturated heterocycles. The van der Waals surface area contributed by atoms with Gasteiger partial charge in [0, 0.05) is 27.1 Å². The number of aromatic nitrogens is 1. The van der Waals surface area contributed by atoms with E-state index in [1.165, 1.54) is 6.20 Å². The predicted octanol–water partition coefficient (Wildman–Crippen LogP) is 3.49. The molecule has 0 radical (unpaired) electrons. The number of halogens is 4. The van der Waals surface area contributed by atoms with Gasteiger partial charge in [0.25, 0.3) is 0 Å². The molecular formula is C10H8BrF3N2. The first-order valence-electron chi connectivity index (χ1n) is 4.48. The number of nitrogens with one attached hydrogen (secondary N) is 1. The maximum Gasteiger partial charge on any atom is 0.407 e. The molecular weight excluding hydrogens is 285 g/mol. The summed E-state index contributed by atoms with van der Waals surface area (Å²) in [6.45, 7) is 0. The molecule has 0 saturated carbocycles. The highest BCUT2D eigenvalue weighted by molar-refractivity contribution is 9.10. The minimum absolute atomic E-state index is 0.0591. The SMILES string of the molecule is N[C@H](c1c[nH]c2ccc(Br)cc12)C(F)(F)F. The summed E-state index contributed by atoms with van der Waals surface area (Å²) in [5.74, 6) is 0. The van der Waals surface area contributed by atoms with Gasteiger partial charge in [0.1, 0.15) is 6.04 Å². The van der Waals surface area contributed by atoms with E-state index in [0.717, 1.165) is 4.47 Å². The molecule has 0 spiro atoms. The minimum Gasteiger partial charge on any atom is -0.361 e. The second-order valence-electron chi connectivity index (χ2n) is 3.45. The first kappa shape index (κ1) is 11.5. The molecule has 16 heavy (non-hydrogen) atoms. The smallest absolute Gasteiger partial charge is 0.361 e. The summed E-state index contributed by atoms with van der Waals surface area (Å²) in [5.41, 5.74) is 5.87. The topological polar surface area (TPSA) is 41.8 Å². The van der Waals surface area contributed by atoms with Crippen LogP contribution < -0.4 is 5.73 Å². The Kier molecular flexibility index (Phi) is 2.71. The minimum atomic E-state index is -4.43. The van der Waals surface area contributed by atoms with Crippen LogP contribution in [0.5, 0.6) is 0 Å². The molecule has 86 valence electrons. The largest absolute Gasteiger partial charge is 0.407 e. The third-order valence-corrected chi connectivity index (χ3v) is 2.86. The van der Waals surface area contributed by atoms with E-state index < -0.39 is 12.2 Å². The van der Waals surface area contributed by atoms with Crippen molar-refractivity contribution >= 4 is 26.8 Å². The lowest BCUT2D eigenvalue weighted by atomic mass is 10.1. The van der Waals surface area contributed by atoms with Crippen molar-refractivity contribution in [3.05, 3.63) is 34.4 Å². The van der Waals surface area contributed by atoms with E-state index in [9.17, 15) is 13.2 Å². The van der Waals surface area contributed by atoms with Gasteiger partial charge < -0.3 is 10.7 Å². The molecule has 0 amide bonds. The zero-order valence-electron chi connectivity index (χ0n) is 7.98. The fraction of sp³-hybridized carbons (Fsp3) is 0.200. The number of nitrogens with two attached hydrogens (primary N) is 1. The van der Waals surface area contributed by atoms with Gasteiger partial charge in [-0.15, -0.1) is 0 Å². The average molecular weight is 293 g/mol. The average Bonchev–Trinajstić information content (AvgIpc) is 2.57. The molecule has 1 aromatic carbocycles. The first-order valence-corrected chi connectivity index (χ1v) is 5.27. The summed E-state index contributed by atoms with van der Waals surface area (Å²) < 4.78 is 38.2. The summed E-state index contributed by atoms with van der Waals surface area (Å²) in [6.07, 6.45) is -3.13. The molecule has 6 heteroatoms. The molecule has 0 bridgehead atoms. The van der Waals surface area contributed by atoms with E-state index in [2.05, 4.69) is 20.9 Å². The quantitative estimate of drug-likeness (QED) is 0.830. The number of benzene rings is 1. The first-order chi connectivity index (χ1) is 7.39. The van der Waals surface area contributed by atoms with Crippen LogP contribution in [0.4, 0.5) is 13.2 Å². The summed E-state index contributed by atoms with van der Waals surface area (Å²) in [5, 5.41) is 0.485. The van der Waals surface area contributed by atoms with E-state index in [0.29, 0.717) is 10.9 Å². The number of fused-ring (bicyclic) bond motifs is 1. The van der Waals surface area contributed by atoms with Gasteiger partial charge in [0.2, 0.25) is 0 Å². The molecule has 2 aromatic rings. The Morgan fingerprint density at radius 2 is 2.00 bits per heavy atom. The second kappa shape index (κ2) is 3.78. The van der Waals surface area contributed by atoms with Gasteiger partial charge in [-0.3, -0.25) is 0 Å². The lowest BCUT2D eigenvalue weighted by Crippen LogP contribution is -2.28. The number of hydrogen-bond acceptors (Lipinski definition) is 1. The molecule has 0 aliphatic carbocycles. The molecule has 0 fully saturated rings. The van der Waals surface area contributed by atoms with Crippen LogP contribution in [0.2, 0.25) is 0 Å². The molecule has 3 N–H and O–H groups in total. The third kappa shape index (κ3) is 1.94. The molecule has 2 rings (SSSR count). The van der Waals surface area contributed by atoms with Crippen LogP contribution in [-0.4, -0.2) is 11.2 Å². The molecule has 1 atom stereocenters. The van der Waals surface area contributed by atoms with Crippen LogP contribution in [0, 0.1) is 0 Å². The van der Waals surface area contributed by atoms with Crippen molar-refractivity contribution in [2.24, 2.45) is 5.73 Å². The maximum absolute atomic E-state index is 12.5. The number of alkyl halides is 3. The van der Waals surface area contributed by atoms with E-state index in [1.54, 1.807) is 18.2 Å². The van der Waals surface area contributed by atoms with Crippen LogP contribution in [0.25, 0.3) is 10.9 Å². The zero-order chi connectivity index (χ0) is 11.9. The molecule has 0 aliphatic rings. The van der Waals surface area contributed by atoms with Crippen LogP contribution in [0.15, 0.2) is 28.9 Å². The number of H-pyrrole nitrogens is 1. The van der Waals surface area contributed by atoms with Crippen LogP contribution in [-0.2, 0) is 0 Å². The predicted molar refractivity (Wildman–Crippen MR) is 59.0 cm³/mol.